The number of rotatable bonds is 5. The number of aliphatic hydroxyl groups excluding tert-OH is 1. The van der Waals surface area contributed by atoms with E-state index < -0.39 is 0 Å². The zero-order valence-corrected chi connectivity index (χ0v) is 12.5. The average Bonchev–Trinajstić information content (AvgIpc) is 2.49. The van der Waals surface area contributed by atoms with Crippen molar-refractivity contribution >= 4 is 0 Å². The summed E-state index contributed by atoms with van der Waals surface area (Å²) in [5.74, 6) is 0.852. The van der Waals surface area contributed by atoms with Crippen LogP contribution in [0.2, 0.25) is 0 Å². The molecule has 112 valence electrons. The van der Waals surface area contributed by atoms with Crippen LogP contribution in [0.15, 0.2) is 24.3 Å². The van der Waals surface area contributed by atoms with E-state index in [-0.39, 0.29) is 18.2 Å². The van der Waals surface area contributed by atoms with Gasteiger partial charge in [-0.1, -0.05) is 25.0 Å². The van der Waals surface area contributed by atoms with Gasteiger partial charge in [0.25, 0.3) is 0 Å². The Labute approximate surface area is 121 Å². The van der Waals surface area contributed by atoms with E-state index in [2.05, 4.69) is 24.1 Å². The second-order valence-electron chi connectivity index (χ2n) is 5.61. The highest BCUT2D eigenvalue weighted by Gasteiger charge is 2.30. The first kappa shape index (κ1) is 15.3. The number of nitrogens with two attached hydrogens (primary N) is 1. The third kappa shape index (κ3) is 3.32. The lowest BCUT2D eigenvalue weighted by atomic mass is 9.90. The van der Waals surface area contributed by atoms with Crippen LogP contribution in [0, 0.1) is 0 Å². The molecule has 3 atom stereocenters. The first-order chi connectivity index (χ1) is 9.67. The number of benzene rings is 1. The number of hydrogen-bond donors (Lipinski definition) is 2. The predicted octanol–water partition coefficient (Wildman–Crippen LogP) is 1.93. The summed E-state index contributed by atoms with van der Waals surface area (Å²) in [5.41, 5.74) is 7.15. The molecule has 1 fully saturated rings. The first-order valence-corrected chi connectivity index (χ1v) is 7.41. The molecule has 4 heteroatoms. The molecule has 1 aromatic carbocycles. The molecule has 1 aliphatic carbocycles. The van der Waals surface area contributed by atoms with Crippen molar-refractivity contribution in [2.45, 2.75) is 43.9 Å². The predicted molar refractivity (Wildman–Crippen MR) is 80.8 cm³/mol. The normalized spacial score (nSPS) is 24.6. The van der Waals surface area contributed by atoms with Crippen LogP contribution < -0.4 is 10.5 Å². The molecule has 1 saturated carbocycles. The largest absolute Gasteiger partial charge is 0.497 e. The van der Waals surface area contributed by atoms with E-state index in [1.807, 2.05) is 12.1 Å². The quantitative estimate of drug-likeness (QED) is 0.864. The fourth-order valence-corrected chi connectivity index (χ4v) is 3.16. The van der Waals surface area contributed by atoms with Crippen LogP contribution in [0.4, 0.5) is 0 Å². The number of likely N-dealkylation sites (N-methyl/N-ethyl adjacent to an activating group) is 1. The van der Waals surface area contributed by atoms with Crippen LogP contribution >= 0.6 is 0 Å². The number of methoxy groups -OCH3 is 1. The fourth-order valence-electron chi connectivity index (χ4n) is 3.16. The average molecular weight is 278 g/mol. The molecule has 3 unspecified atom stereocenters. The lowest BCUT2D eigenvalue weighted by molar-refractivity contribution is 0.0137. The smallest absolute Gasteiger partial charge is 0.118 e. The van der Waals surface area contributed by atoms with Gasteiger partial charge in [0.15, 0.2) is 0 Å². The van der Waals surface area contributed by atoms with Gasteiger partial charge in [0.1, 0.15) is 5.75 Å². The fraction of sp³-hybridized carbons (Fsp3) is 0.625. The van der Waals surface area contributed by atoms with Crippen LogP contribution in [-0.2, 0) is 0 Å². The third-order valence-electron chi connectivity index (χ3n) is 4.43. The molecule has 0 aromatic heterocycles. The van der Waals surface area contributed by atoms with Crippen LogP contribution in [-0.4, -0.2) is 42.9 Å². The van der Waals surface area contributed by atoms with Gasteiger partial charge in [0.2, 0.25) is 0 Å². The molecule has 0 radical (unpaired) electrons. The molecule has 1 aromatic rings. The molecule has 0 saturated heterocycles. The molecule has 4 nitrogen and oxygen atoms in total. The monoisotopic (exact) mass is 278 g/mol. The number of hydrogen-bond acceptors (Lipinski definition) is 4. The maximum atomic E-state index is 10.2. The van der Waals surface area contributed by atoms with Crippen molar-refractivity contribution < 1.29 is 9.84 Å². The van der Waals surface area contributed by atoms with Gasteiger partial charge < -0.3 is 15.6 Å². The zero-order chi connectivity index (χ0) is 14.5. The minimum atomic E-state index is -0.235. The van der Waals surface area contributed by atoms with Gasteiger partial charge in [-0.25, -0.2) is 0 Å². The van der Waals surface area contributed by atoms with Crippen LogP contribution in [0.3, 0.4) is 0 Å². The summed E-state index contributed by atoms with van der Waals surface area (Å²) in [6.07, 6.45) is 4.02. The van der Waals surface area contributed by atoms with Gasteiger partial charge in [0, 0.05) is 18.6 Å². The van der Waals surface area contributed by atoms with E-state index in [1.54, 1.807) is 7.11 Å². The Morgan fingerprint density at radius 2 is 1.95 bits per heavy atom. The van der Waals surface area contributed by atoms with Crippen LogP contribution in [0.1, 0.15) is 37.3 Å². The van der Waals surface area contributed by atoms with E-state index in [9.17, 15) is 5.11 Å². The van der Waals surface area contributed by atoms with Crippen molar-refractivity contribution in [1.29, 1.82) is 0 Å². The molecular weight excluding hydrogens is 252 g/mol. The Bertz CT molecular complexity index is 407. The SMILES string of the molecule is COc1ccc(C(CN)N(C)C2CCCCC2O)cc1. The molecule has 2 rings (SSSR count). The van der Waals surface area contributed by atoms with Crippen molar-refractivity contribution in [1.82, 2.24) is 4.90 Å². The van der Waals surface area contributed by atoms with Crippen LogP contribution in [0.5, 0.6) is 5.75 Å². The Morgan fingerprint density at radius 3 is 2.50 bits per heavy atom. The molecule has 3 N–H and O–H groups in total. The zero-order valence-electron chi connectivity index (χ0n) is 12.5. The topological polar surface area (TPSA) is 58.7 Å². The number of aliphatic hydroxyl groups is 1. The van der Waals surface area contributed by atoms with Crippen molar-refractivity contribution in [2.24, 2.45) is 5.73 Å². The summed E-state index contributed by atoms with van der Waals surface area (Å²) >= 11 is 0. The maximum absolute atomic E-state index is 10.2. The lowest BCUT2D eigenvalue weighted by Gasteiger charge is -2.39. The summed E-state index contributed by atoms with van der Waals surface area (Å²) in [4.78, 5) is 2.24. The summed E-state index contributed by atoms with van der Waals surface area (Å²) < 4.78 is 5.19. The van der Waals surface area contributed by atoms with Crippen molar-refractivity contribution in [2.75, 3.05) is 20.7 Å². The summed E-state index contributed by atoms with van der Waals surface area (Å²) in [7, 11) is 3.74. The highest BCUT2D eigenvalue weighted by Crippen LogP contribution is 2.29. The van der Waals surface area contributed by atoms with Crippen LogP contribution in [0.25, 0.3) is 0 Å². The van der Waals surface area contributed by atoms with E-state index in [4.69, 9.17) is 10.5 Å². The summed E-state index contributed by atoms with van der Waals surface area (Å²) in [6.45, 7) is 0.548. The van der Waals surface area contributed by atoms with Gasteiger partial charge >= 0.3 is 0 Å². The molecule has 0 amide bonds. The maximum Gasteiger partial charge on any atom is 0.118 e. The van der Waals surface area contributed by atoms with Crippen molar-refractivity contribution in [3.05, 3.63) is 29.8 Å². The van der Waals surface area contributed by atoms with Crippen molar-refractivity contribution in [3.8, 4) is 5.75 Å². The van der Waals surface area contributed by atoms with Gasteiger partial charge in [-0.15, -0.1) is 0 Å². The molecule has 1 aliphatic rings. The van der Waals surface area contributed by atoms with E-state index in [0.717, 1.165) is 25.0 Å². The highest BCUT2D eigenvalue weighted by molar-refractivity contribution is 5.29. The van der Waals surface area contributed by atoms with E-state index in [0.29, 0.717) is 6.54 Å². The number of nitrogens with zero attached hydrogens (tertiary/aromatic N) is 1. The van der Waals surface area contributed by atoms with Gasteiger partial charge in [-0.3, -0.25) is 4.90 Å². The molecule has 0 spiro atoms. The second kappa shape index (κ2) is 7.07. The Morgan fingerprint density at radius 1 is 1.30 bits per heavy atom. The molecule has 0 heterocycles. The highest BCUT2D eigenvalue weighted by atomic mass is 16.5. The van der Waals surface area contributed by atoms with Gasteiger partial charge in [-0.05, 0) is 37.6 Å². The van der Waals surface area contributed by atoms with Gasteiger partial charge in [-0.2, -0.15) is 0 Å². The second-order valence-corrected chi connectivity index (χ2v) is 5.61. The molecule has 0 aliphatic heterocycles. The minimum absolute atomic E-state index is 0.138. The summed E-state index contributed by atoms with van der Waals surface area (Å²) in [6, 6.07) is 8.38. The summed E-state index contributed by atoms with van der Waals surface area (Å²) in [5, 5.41) is 10.2. The third-order valence-corrected chi connectivity index (χ3v) is 4.43. The Balaban J connectivity index is 2.13. The first-order valence-electron chi connectivity index (χ1n) is 7.41. The molecule has 20 heavy (non-hydrogen) atoms. The van der Waals surface area contributed by atoms with E-state index in [1.165, 1.54) is 12.0 Å². The van der Waals surface area contributed by atoms with Gasteiger partial charge in [0.05, 0.1) is 13.2 Å². The number of ether oxygens (including phenoxy) is 1. The minimum Gasteiger partial charge on any atom is -0.497 e. The standard InChI is InChI=1S/C16H26N2O2/c1-18(14-5-3-4-6-16(14)19)15(11-17)12-7-9-13(20-2)10-8-12/h7-10,14-16,19H,3-6,11,17H2,1-2H3. The van der Waals surface area contributed by atoms with Crippen molar-refractivity contribution in [3.63, 3.8) is 0 Å². The molecule has 0 bridgehead atoms. The van der Waals surface area contributed by atoms with E-state index >= 15 is 0 Å². The lowest BCUT2D eigenvalue weighted by Crippen LogP contribution is -2.46. The Hall–Kier alpha value is -1.10. The molecular formula is C16H26N2O2. The Kier molecular flexibility index (Phi) is 5.40.